The molecule has 3 nitrogen and oxygen atoms in total. The van der Waals surface area contributed by atoms with E-state index in [1.54, 1.807) is 11.8 Å². The van der Waals surface area contributed by atoms with Crippen LogP contribution in [-0.2, 0) is 6.54 Å². The van der Waals surface area contributed by atoms with Crippen molar-refractivity contribution in [3.63, 3.8) is 0 Å². The first-order valence-electron chi connectivity index (χ1n) is 5.88. The molecule has 0 saturated heterocycles. The fraction of sp³-hybridized carbons (Fsp3) is 0.286. The van der Waals surface area contributed by atoms with Gasteiger partial charge >= 0.3 is 0 Å². The summed E-state index contributed by atoms with van der Waals surface area (Å²) < 4.78 is 0. The minimum absolute atomic E-state index is 0.448. The molecule has 94 valence electrons. The van der Waals surface area contributed by atoms with E-state index in [-0.39, 0.29) is 0 Å². The monoisotopic (exact) mass is 259 g/mol. The first-order valence-corrected chi connectivity index (χ1v) is 6.70. The Labute approximate surface area is 112 Å². The van der Waals surface area contributed by atoms with E-state index in [9.17, 15) is 0 Å². The maximum absolute atomic E-state index is 5.64. The Kier molecular flexibility index (Phi) is 3.99. The molecular weight excluding hydrogens is 242 g/mol. The summed E-state index contributed by atoms with van der Waals surface area (Å²) in [6.07, 6.45) is 0. The van der Waals surface area contributed by atoms with Gasteiger partial charge < -0.3 is 5.73 Å². The van der Waals surface area contributed by atoms with Gasteiger partial charge in [-0.1, -0.05) is 12.1 Å². The first kappa shape index (κ1) is 13.1. The Balaban J connectivity index is 2.33. The van der Waals surface area contributed by atoms with E-state index in [1.807, 2.05) is 13.0 Å². The number of nitrogens with two attached hydrogens (primary N) is 1. The number of hydrogen-bond donors (Lipinski definition) is 1. The zero-order valence-corrected chi connectivity index (χ0v) is 11.7. The zero-order chi connectivity index (χ0) is 13.1. The average molecular weight is 259 g/mol. The molecule has 0 fully saturated rings. The highest BCUT2D eigenvalue weighted by Crippen LogP contribution is 2.28. The van der Waals surface area contributed by atoms with Crippen LogP contribution in [0.5, 0.6) is 0 Å². The van der Waals surface area contributed by atoms with Crippen molar-refractivity contribution in [2.75, 3.05) is 0 Å². The van der Waals surface area contributed by atoms with Gasteiger partial charge in [0, 0.05) is 17.1 Å². The molecule has 0 radical (unpaired) electrons. The Bertz CT molecular complexity index is 567. The van der Waals surface area contributed by atoms with Gasteiger partial charge in [-0.05, 0) is 55.8 Å². The smallest absolute Gasteiger partial charge is 0.192 e. The Morgan fingerprint density at radius 3 is 2.61 bits per heavy atom. The predicted octanol–water partition coefficient (Wildman–Crippen LogP) is 3.01. The van der Waals surface area contributed by atoms with Crippen LogP contribution in [-0.4, -0.2) is 9.97 Å². The lowest BCUT2D eigenvalue weighted by Gasteiger charge is -2.07. The molecule has 0 unspecified atom stereocenters. The van der Waals surface area contributed by atoms with Crippen molar-refractivity contribution in [3.05, 3.63) is 46.8 Å². The second-order valence-corrected chi connectivity index (χ2v) is 5.37. The largest absolute Gasteiger partial charge is 0.325 e. The van der Waals surface area contributed by atoms with Crippen LogP contribution in [0.2, 0.25) is 0 Å². The lowest BCUT2D eigenvalue weighted by atomic mass is 10.2. The number of hydrogen-bond acceptors (Lipinski definition) is 4. The molecule has 0 saturated carbocycles. The molecule has 2 N–H and O–H groups in total. The van der Waals surface area contributed by atoms with Gasteiger partial charge in [-0.2, -0.15) is 0 Å². The molecule has 2 aromatic rings. The number of rotatable bonds is 3. The third kappa shape index (κ3) is 3.09. The molecule has 0 amide bonds. The molecule has 1 heterocycles. The molecule has 4 heteroatoms. The lowest BCUT2D eigenvalue weighted by Crippen LogP contribution is -2.02. The highest BCUT2D eigenvalue weighted by atomic mass is 32.2. The molecule has 1 aromatic heterocycles. The maximum Gasteiger partial charge on any atom is 0.192 e. The van der Waals surface area contributed by atoms with Crippen molar-refractivity contribution < 1.29 is 0 Å². The fourth-order valence-electron chi connectivity index (χ4n) is 1.67. The fourth-order valence-corrected chi connectivity index (χ4v) is 2.69. The summed E-state index contributed by atoms with van der Waals surface area (Å²) in [5, 5.41) is 0.768. The molecule has 0 aliphatic rings. The standard InChI is InChI=1S/C14H17N3S/c1-9-4-5-10(2)13(6-9)18-14-16-11(3)7-12(8-15)17-14/h4-7H,8,15H2,1-3H3. The summed E-state index contributed by atoms with van der Waals surface area (Å²) in [7, 11) is 0. The molecule has 0 bridgehead atoms. The third-order valence-corrected chi connectivity index (χ3v) is 3.67. The number of benzene rings is 1. The van der Waals surface area contributed by atoms with Crippen LogP contribution in [0, 0.1) is 20.8 Å². The minimum Gasteiger partial charge on any atom is -0.325 e. The Hall–Kier alpha value is -1.39. The van der Waals surface area contributed by atoms with E-state index in [0.29, 0.717) is 6.54 Å². The van der Waals surface area contributed by atoms with Gasteiger partial charge in [0.1, 0.15) is 0 Å². The van der Waals surface area contributed by atoms with Crippen molar-refractivity contribution in [3.8, 4) is 0 Å². The van der Waals surface area contributed by atoms with Gasteiger partial charge in [0.2, 0.25) is 0 Å². The summed E-state index contributed by atoms with van der Waals surface area (Å²) in [4.78, 5) is 10.1. The number of aromatic nitrogens is 2. The van der Waals surface area contributed by atoms with Crippen LogP contribution in [0.4, 0.5) is 0 Å². The van der Waals surface area contributed by atoms with Crippen molar-refractivity contribution in [2.45, 2.75) is 37.4 Å². The third-order valence-electron chi connectivity index (χ3n) is 2.64. The molecular formula is C14H17N3S. The Morgan fingerprint density at radius 2 is 1.89 bits per heavy atom. The quantitative estimate of drug-likeness (QED) is 0.861. The van der Waals surface area contributed by atoms with Crippen LogP contribution in [0.15, 0.2) is 34.3 Å². The Morgan fingerprint density at radius 1 is 1.11 bits per heavy atom. The van der Waals surface area contributed by atoms with E-state index >= 15 is 0 Å². The SMILES string of the molecule is Cc1ccc(C)c(Sc2nc(C)cc(CN)n2)c1. The second-order valence-electron chi connectivity index (χ2n) is 4.36. The topological polar surface area (TPSA) is 51.8 Å². The lowest BCUT2D eigenvalue weighted by molar-refractivity contribution is 0.854. The van der Waals surface area contributed by atoms with Gasteiger partial charge in [-0.3, -0.25) is 0 Å². The van der Waals surface area contributed by atoms with Crippen LogP contribution in [0.1, 0.15) is 22.5 Å². The molecule has 18 heavy (non-hydrogen) atoms. The average Bonchev–Trinajstić information content (AvgIpc) is 2.33. The van der Waals surface area contributed by atoms with Crippen LogP contribution < -0.4 is 5.73 Å². The second kappa shape index (κ2) is 5.50. The van der Waals surface area contributed by atoms with Gasteiger partial charge in [0.15, 0.2) is 5.16 Å². The molecule has 0 spiro atoms. The van der Waals surface area contributed by atoms with Crippen molar-refractivity contribution in [2.24, 2.45) is 5.73 Å². The summed E-state index contributed by atoms with van der Waals surface area (Å²) >= 11 is 1.59. The number of aryl methyl sites for hydroxylation is 3. The van der Waals surface area contributed by atoms with Gasteiger partial charge in [0.05, 0.1) is 5.69 Å². The summed E-state index contributed by atoms with van der Waals surface area (Å²) in [5.74, 6) is 0. The number of nitrogens with zero attached hydrogens (tertiary/aromatic N) is 2. The zero-order valence-electron chi connectivity index (χ0n) is 10.9. The molecule has 0 aliphatic heterocycles. The molecule has 0 atom stereocenters. The van der Waals surface area contributed by atoms with Crippen molar-refractivity contribution >= 4 is 11.8 Å². The van der Waals surface area contributed by atoms with E-state index in [1.165, 1.54) is 16.0 Å². The van der Waals surface area contributed by atoms with Crippen molar-refractivity contribution in [1.29, 1.82) is 0 Å². The highest BCUT2D eigenvalue weighted by molar-refractivity contribution is 7.99. The van der Waals surface area contributed by atoms with Crippen LogP contribution >= 0.6 is 11.8 Å². The highest BCUT2D eigenvalue weighted by Gasteiger charge is 2.06. The molecule has 1 aromatic carbocycles. The normalized spacial score (nSPS) is 10.7. The van der Waals surface area contributed by atoms with Gasteiger partial charge in [0.25, 0.3) is 0 Å². The first-order chi connectivity index (χ1) is 8.58. The van der Waals surface area contributed by atoms with E-state index in [4.69, 9.17) is 5.73 Å². The van der Waals surface area contributed by atoms with E-state index in [0.717, 1.165) is 16.5 Å². The van der Waals surface area contributed by atoms with Gasteiger partial charge in [-0.15, -0.1) is 0 Å². The summed E-state index contributed by atoms with van der Waals surface area (Å²) in [5.41, 5.74) is 9.96. The molecule has 2 rings (SSSR count). The molecule has 0 aliphatic carbocycles. The van der Waals surface area contributed by atoms with Crippen LogP contribution in [0.3, 0.4) is 0 Å². The minimum atomic E-state index is 0.448. The van der Waals surface area contributed by atoms with Gasteiger partial charge in [-0.25, -0.2) is 9.97 Å². The summed E-state index contributed by atoms with van der Waals surface area (Å²) in [6.45, 7) is 6.60. The summed E-state index contributed by atoms with van der Waals surface area (Å²) in [6, 6.07) is 8.32. The van der Waals surface area contributed by atoms with E-state index in [2.05, 4.69) is 42.0 Å². The van der Waals surface area contributed by atoms with Crippen LogP contribution in [0.25, 0.3) is 0 Å². The predicted molar refractivity (Wildman–Crippen MR) is 74.7 cm³/mol. The van der Waals surface area contributed by atoms with E-state index < -0.39 is 0 Å². The van der Waals surface area contributed by atoms with Crippen molar-refractivity contribution in [1.82, 2.24) is 9.97 Å². The maximum atomic E-state index is 5.64.